The summed E-state index contributed by atoms with van der Waals surface area (Å²) >= 11 is 0. The van der Waals surface area contributed by atoms with Gasteiger partial charge < -0.3 is 23.7 Å². The van der Waals surface area contributed by atoms with E-state index in [9.17, 15) is 4.79 Å². The Morgan fingerprint density at radius 2 is 2.00 bits per heavy atom. The molecule has 1 amide bonds. The van der Waals surface area contributed by atoms with E-state index in [1.807, 2.05) is 17.9 Å². The van der Waals surface area contributed by atoms with E-state index in [0.717, 1.165) is 62.2 Å². The lowest BCUT2D eigenvalue weighted by Crippen LogP contribution is -2.52. The van der Waals surface area contributed by atoms with E-state index in [1.165, 1.54) is 0 Å². The number of carbonyl (C=O) groups is 1. The lowest BCUT2D eigenvalue weighted by Gasteiger charge is -2.45. The zero-order valence-electron chi connectivity index (χ0n) is 19.4. The number of hydrogen-bond donors (Lipinski definition) is 0. The fourth-order valence-electron chi connectivity index (χ4n) is 4.94. The highest BCUT2D eigenvalue weighted by molar-refractivity contribution is 5.95. The molecule has 0 radical (unpaired) electrons. The highest BCUT2D eigenvalue weighted by atomic mass is 16.5. The van der Waals surface area contributed by atoms with Crippen molar-refractivity contribution in [3.05, 3.63) is 41.5 Å². The third-order valence-corrected chi connectivity index (χ3v) is 6.76. The molecular formula is C24H34N4O4. The minimum atomic E-state index is -0.231. The van der Waals surface area contributed by atoms with Crippen LogP contribution in [0.3, 0.4) is 0 Å². The van der Waals surface area contributed by atoms with Crippen LogP contribution in [0.5, 0.6) is 6.01 Å². The van der Waals surface area contributed by atoms with Crippen LogP contribution in [-0.4, -0.2) is 70.5 Å². The summed E-state index contributed by atoms with van der Waals surface area (Å²) in [6, 6.07) is 4.22. The van der Waals surface area contributed by atoms with E-state index in [4.69, 9.17) is 14.2 Å². The Morgan fingerprint density at radius 3 is 2.72 bits per heavy atom. The van der Waals surface area contributed by atoms with Crippen molar-refractivity contribution >= 4 is 5.91 Å². The molecule has 0 aromatic carbocycles. The Kier molecular flexibility index (Phi) is 7.10. The monoisotopic (exact) mass is 442 g/mol. The normalized spacial score (nSPS) is 20.5. The molecule has 2 saturated heterocycles. The highest BCUT2D eigenvalue weighted by Gasteiger charge is 2.42. The third-order valence-electron chi connectivity index (χ3n) is 6.76. The molecule has 174 valence electrons. The van der Waals surface area contributed by atoms with Gasteiger partial charge >= 0.3 is 6.01 Å². The van der Waals surface area contributed by atoms with Gasteiger partial charge in [0.25, 0.3) is 5.91 Å². The van der Waals surface area contributed by atoms with Crippen molar-refractivity contribution in [1.82, 2.24) is 19.4 Å². The number of nitrogens with zero attached hydrogens (tertiary/aromatic N) is 4. The number of piperidine rings is 1. The van der Waals surface area contributed by atoms with Gasteiger partial charge in [0, 0.05) is 70.0 Å². The fourth-order valence-corrected chi connectivity index (χ4v) is 4.94. The maximum Gasteiger partial charge on any atom is 0.316 e. The van der Waals surface area contributed by atoms with Gasteiger partial charge in [-0.3, -0.25) is 4.79 Å². The minimum Gasteiger partial charge on any atom is -0.460 e. The molecule has 2 aromatic rings. The number of carbonyl (C=O) groups excluding carboxylic acids is 1. The predicted molar refractivity (Wildman–Crippen MR) is 120 cm³/mol. The third kappa shape index (κ3) is 4.96. The summed E-state index contributed by atoms with van der Waals surface area (Å²) in [5.74, 6) is 0.118. The van der Waals surface area contributed by atoms with E-state index in [-0.39, 0.29) is 17.6 Å². The van der Waals surface area contributed by atoms with Gasteiger partial charge in [-0.1, -0.05) is 0 Å². The Morgan fingerprint density at radius 1 is 1.25 bits per heavy atom. The maximum absolute atomic E-state index is 13.3. The highest BCUT2D eigenvalue weighted by Crippen LogP contribution is 2.36. The summed E-state index contributed by atoms with van der Waals surface area (Å²) in [7, 11) is 1.72. The zero-order chi connectivity index (χ0) is 22.6. The minimum absolute atomic E-state index is 0.0411. The molecule has 2 aliphatic heterocycles. The van der Waals surface area contributed by atoms with Crippen molar-refractivity contribution in [2.45, 2.75) is 64.2 Å². The van der Waals surface area contributed by atoms with Crippen molar-refractivity contribution in [2.24, 2.45) is 0 Å². The lowest BCUT2D eigenvalue weighted by atomic mass is 9.83. The Bertz CT molecular complexity index is 906. The summed E-state index contributed by atoms with van der Waals surface area (Å²) in [6.45, 7) is 7.73. The second kappa shape index (κ2) is 10.0. The van der Waals surface area contributed by atoms with Crippen LogP contribution in [-0.2, 0) is 16.0 Å². The average molecular weight is 443 g/mol. The molecule has 0 saturated carbocycles. The summed E-state index contributed by atoms with van der Waals surface area (Å²) < 4.78 is 19.6. The zero-order valence-corrected chi connectivity index (χ0v) is 19.4. The Hall–Kier alpha value is -2.45. The number of amides is 1. The van der Waals surface area contributed by atoms with Crippen LogP contribution in [0.15, 0.2) is 24.5 Å². The average Bonchev–Trinajstić information content (AvgIpc) is 3.08. The molecule has 1 spiro atoms. The predicted octanol–water partition coefficient (Wildman–Crippen LogP) is 3.16. The fraction of sp³-hybridized carbons (Fsp3) is 0.625. The van der Waals surface area contributed by atoms with E-state index in [2.05, 4.69) is 21.5 Å². The SMILES string of the molecule is COCCCn1c(C)cc(C(=O)N2CCC3(CC2)CC(Oc2ncccn2)CCO3)c1C. The van der Waals surface area contributed by atoms with Gasteiger partial charge in [-0.15, -0.1) is 0 Å². The van der Waals surface area contributed by atoms with Crippen molar-refractivity contribution in [3.63, 3.8) is 0 Å². The molecule has 0 bridgehead atoms. The van der Waals surface area contributed by atoms with Crippen LogP contribution >= 0.6 is 0 Å². The van der Waals surface area contributed by atoms with E-state index in [0.29, 0.717) is 25.7 Å². The summed E-state index contributed by atoms with van der Waals surface area (Å²) in [6.07, 6.45) is 7.63. The smallest absolute Gasteiger partial charge is 0.316 e. The van der Waals surface area contributed by atoms with Crippen LogP contribution < -0.4 is 4.74 Å². The number of methoxy groups -OCH3 is 1. The second-order valence-corrected chi connectivity index (χ2v) is 8.87. The number of likely N-dealkylation sites (tertiary alicyclic amines) is 1. The van der Waals surface area contributed by atoms with Gasteiger partial charge in [-0.2, -0.15) is 0 Å². The van der Waals surface area contributed by atoms with Crippen LogP contribution in [0.1, 0.15) is 53.8 Å². The molecular weight excluding hydrogens is 408 g/mol. The second-order valence-electron chi connectivity index (χ2n) is 8.87. The topological polar surface area (TPSA) is 78.7 Å². The summed E-state index contributed by atoms with van der Waals surface area (Å²) in [5.41, 5.74) is 2.73. The Labute approximate surface area is 189 Å². The van der Waals surface area contributed by atoms with Gasteiger partial charge in [-0.05, 0) is 45.2 Å². The first-order valence-corrected chi connectivity index (χ1v) is 11.5. The molecule has 1 unspecified atom stereocenters. The van der Waals surface area contributed by atoms with E-state index < -0.39 is 0 Å². The molecule has 1 atom stereocenters. The van der Waals surface area contributed by atoms with E-state index >= 15 is 0 Å². The van der Waals surface area contributed by atoms with Gasteiger partial charge in [-0.25, -0.2) is 9.97 Å². The number of ether oxygens (including phenoxy) is 3. The first-order valence-electron chi connectivity index (χ1n) is 11.5. The molecule has 2 aromatic heterocycles. The van der Waals surface area contributed by atoms with Crippen LogP contribution in [0, 0.1) is 13.8 Å². The van der Waals surface area contributed by atoms with Crippen molar-refractivity contribution in [3.8, 4) is 6.01 Å². The molecule has 2 fully saturated rings. The molecule has 8 heteroatoms. The first-order chi connectivity index (χ1) is 15.5. The summed E-state index contributed by atoms with van der Waals surface area (Å²) in [4.78, 5) is 23.6. The quantitative estimate of drug-likeness (QED) is 0.613. The van der Waals surface area contributed by atoms with Crippen molar-refractivity contribution < 1.29 is 19.0 Å². The van der Waals surface area contributed by atoms with Crippen LogP contribution in [0.2, 0.25) is 0 Å². The van der Waals surface area contributed by atoms with Gasteiger partial charge in [0.05, 0.1) is 17.8 Å². The molecule has 4 rings (SSSR count). The number of aryl methyl sites for hydroxylation is 1. The molecule has 0 N–H and O–H groups in total. The first kappa shape index (κ1) is 22.7. The summed E-state index contributed by atoms with van der Waals surface area (Å²) in [5, 5.41) is 0. The Balaban J connectivity index is 1.36. The lowest BCUT2D eigenvalue weighted by molar-refractivity contribution is -0.136. The molecule has 2 aliphatic rings. The van der Waals surface area contributed by atoms with Gasteiger partial charge in [0.2, 0.25) is 0 Å². The number of aromatic nitrogens is 3. The van der Waals surface area contributed by atoms with Crippen LogP contribution in [0.4, 0.5) is 0 Å². The molecule has 32 heavy (non-hydrogen) atoms. The standard InChI is InChI=1S/C24H34N4O4/c1-18-16-21(19(2)28(18)11-5-14-30-3)22(29)27-12-7-24(8-13-27)17-20(6-15-31-24)32-23-25-9-4-10-26-23/h4,9-10,16,20H,5-8,11-15,17H2,1-3H3. The van der Waals surface area contributed by atoms with Gasteiger partial charge in [0.1, 0.15) is 6.10 Å². The largest absolute Gasteiger partial charge is 0.460 e. The molecule has 0 aliphatic carbocycles. The molecule has 8 nitrogen and oxygen atoms in total. The number of hydrogen-bond acceptors (Lipinski definition) is 6. The van der Waals surface area contributed by atoms with E-state index in [1.54, 1.807) is 25.6 Å². The van der Waals surface area contributed by atoms with Crippen LogP contribution in [0.25, 0.3) is 0 Å². The number of rotatable bonds is 7. The molecule has 4 heterocycles. The van der Waals surface area contributed by atoms with Crippen molar-refractivity contribution in [2.75, 3.05) is 33.4 Å². The maximum atomic E-state index is 13.3. The van der Waals surface area contributed by atoms with Gasteiger partial charge in [0.15, 0.2) is 0 Å². The van der Waals surface area contributed by atoms with Crippen molar-refractivity contribution in [1.29, 1.82) is 0 Å².